The summed E-state index contributed by atoms with van der Waals surface area (Å²) in [7, 11) is 0. The molecule has 5 heteroatoms. The van der Waals surface area contributed by atoms with E-state index in [2.05, 4.69) is 39.4 Å². The highest BCUT2D eigenvalue weighted by molar-refractivity contribution is 5.91. The van der Waals surface area contributed by atoms with Crippen LogP contribution in [0.3, 0.4) is 0 Å². The van der Waals surface area contributed by atoms with Crippen molar-refractivity contribution in [2.75, 3.05) is 24.7 Å². The highest BCUT2D eigenvalue weighted by Crippen LogP contribution is 2.36. The third-order valence-electron chi connectivity index (χ3n) is 4.73. The van der Waals surface area contributed by atoms with Crippen LogP contribution >= 0.6 is 0 Å². The minimum atomic E-state index is 0.615. The molecule has 0 atom stereocenters. The smallest absolute Gasteiger partial charge is 0.161 e. The minimum absolute atomic E-state index is 0.615. The number of hydrogen-bond donors (Lipinski definition) is 0. The van der Waals surface area contributed by atoms with Crippen molar-refractivity contribution >= 4 is 16.6 Å². The van der Waals surface area contributed by atoms with Gasteiger partial charge in [-0.1, -0.05) is 24.3 Å². The molecule has 0 amide bonds. The largest absolute Gasteiger partial charge is 0.486 e. The molecule has 0 spiro atoms. The van der Waals surface area contributed by atoms with E-state index in [4.69, 9.17) is 9.47 Å². The van der Waals surface area contributed by atoms with Crippen LogP contribution in [0.1, 0.15) is 11.1 Å². The van der Waals surface area contributed by atoms with E-state index in [0.29, 0.717) is 13.2 Å². The molecule has 120 valence electrons. The topological polar surface area (TPSA) is 47.5 Å². The number of fused-ring (bicyclic) bond motifs is 3. The van der Waals surface area contributed by atoms with Gasteiger partial charge in [0, 0.05) is 23.9 Å². The molecular formula is C19H17N3O2. The highest BCUT2D eigenvalue weighted by Gasteiger charge is 2.23. The first kappa shape index (κ1) is 13.6. The third-order valence-corrected chi connectivity index (χ3v) is 4.73. The lowest BCUT2D eigenvalue weighted by Gasteiger charge is -2.31. The number of aromatic nitrogens is 2. The second-order valence-corrected chi connectivity index (χ2v) is 6.19. The average molecular weight is 319 g/mol. The normalized spacial score (nSPS) is 16.1. The Hall–Kier alpha value is -2.82. The first-order valence-electron chi connectivity index (χ1n) is 8.25. The molecule has 0 saturated heterocycles. The van der Waals surface area contributed by atoms with Crippen LogP contribution in [0.5, 0.6) is 11.5 Å². The van der Waals surface area contributed by atoms with Gasteiger partial charge in [-0.15, -0.1) is 5.10 Å². The molecule has 5 rings (SSSR count). The molecule has 0 fully saturated rings. The average Bonchev–Trinajstić information content (AvgIpc) is 2.65. The first-order chi connectivity index (χ1) is 11.9. The molecule has 2 aliphatic rings. The summed E-state index contributed by atoms with van der Waals surface area (Å²) in [5.74, 6) is 2.68. The van der Waals surface area contributed by atoms with E-state index in [9.17, 15) is 0 Å². The number of benzene rings is 2. The fraction of sp³-hybridized carbons (Fsp3) is 0.263. The molecule has 0 unspecified atom stereocenters. The summed E-state index contributed by atoms with van der Waals surface area (Å²) in [6, 6.07) is 12.5. The van der Waals surface area contributed by atoms with Crippen LogP contribution in [0.15, 0.2) is 42.6 Å². The molecule has 2 aliphatic heterocycles. The quantitative estimate of drug-likeness (QED) is 0.690. The van der Waals surface area contributed by atoms with E-state index in [1.165, 1.54) is 11.1 Å². The van der Waals surface area contributed by atoms with Crippen molar-refractivity contribution in [3.05, 3.63) is 53.7 Å². The number of nitrogens with zero attached hydrogens (tertiary/aromatic N) is 3. The number of hydrogen-bond acceptors (Lipinski definition) is 5. The lowest BCUT2D eigenvalue weighted by molar-refractivity contribution is 0.171. The van der Waals surface area contributed by atoms with Crippen molar-refractivity contribution in [3.8, 4) is 11.5 Å². The molecule has 24 heavy (non-hydrogen) atoms. The van der Waals surface area contributed by atoms with Gasteiger partial charge in [-0.3, -0.25) is 0 Å². The van der Waals surface area contributed by atoms with Crippen LogP contribution < -0.4 is 14.4 Å². The van der Waals surface area contributed by atoms with Crippen LogP contribution in [-0.2, 0) is 13.0 Å². The van der Waals surface area contributed by atoms with Gasteiger partial charge in [0.25, 0.3) is 0 Å². The van der Waals surface area contributed by atoms with Crippen LogP contribution in [0.2, 0.25) is 0 Å². The zero-order chi connectivity index (χ0) is 15.9. The van der Waals surface area contributed by atoms with Crippen LogP contribution in [-0.4, -0.2) is 30.0 Å². The minimum Gasteiger partial charge on any atom is -0.486 e. The Morgan fingerprint density at radius 3 is 2.62 bits per heavy atom. The maximum atomic E-state index is 5.73. The second-order valence-electron chi connectivity index (χ2n) is 6.19. The Morgan fingerprint density at radius 1 is 0.958 bits per heavy atom. The van der Waals surface area contributed by atoms with Gasteiger partial charge in [0.2, 0.25) is 0 Å². The number of anilines is 1. The van der Waals surface area contributed by atoms with Gasteiger partial charge >= 0.3 is 0 Å². The standard InChI is InChI=1S/C19H17N3O2/c1-2-4-16-14(3-1)11-20-21-19(16)22-6-5-13-9-17-18(10-15(13)12-22)24-8-7-23-17/h1-4,9-11H,5-8,12H2. The molecule has 0 N–H and O–H groups in total. The molecule has 5 nitrogen and oxygen atoms in total. The predicted molar refractivity (Wildman–Crippen MR) is 91.7 cm³/mol. The number of rotatable bonds is 1. The van der Waals surface area contributed by atoms with Gasteiger partial charge in [0.05, 0.1) is 6.20 Å². The molecule has 0 bridgehead atoms. The Labute approximate surface area is 139 Å². The summed E-state index contributed by atoms with van der Waals surface area (Å²) < 4.78 is 11.4. The summed E-state index contributed by atoms with van der Waals surface area (Å²) in [6.07, 6.45) is 2.79. The van der Waals surface area contributed by atoms with Crippen molar-refractivity contribution < 1.29 is 9.47 Å². The van der Waals surface area contributed by atoms with Crippen molar-refractivity contribution in [2.45, 2.75) is 13.0 Å². The molecule has 0 saturated carbocycles. The summed E-state index contributed by atoms with van der Waals surface area (Å²) in [5.41, 5.74) is 2.61. The van der Waals surface area contributed by atoms with Crippen LogP contribution in [0.25, 0.3) is 10.8 Å². The van der Waals surface area contributed by atoms with E-state index in [0.717, 1.165) is 47.6 Å². The SMILES string of the molecule is c1ccc2c(N3CCc4cc5c(cc4C3)OCCO5)nncc2c1. The van der Waals surface area contributed by atoms with E-state index >= 15 is 0 Å². The lowest BCUT2D eigenvalue weighted by atomic mass is 9.98. The maximum absolute atomic E-state index is 5.73. The fourth-order valence-corrected chi connectivity index (χ4v) is 3.52. The Morgan fingerprint density at radius 2 is 1.75 bits per heavy atom. The van der Waals surface area contributed by atoms with Gasteiger partial charge in [0.1, 0.15) is 13.2 Å². The van der Waals surface area contributed by atoms with E-state index in [1.54, 1.807) is 0 Å². The molecule has 1 aromatic heterocycles. The zero-order valence-electron chi connectivity index (χ0n) is 13.2. The third kappa shape index (κ3) is 2.16. The molecule has 0 radical (unpaired) electrons. The van der Waals surface area contributed by atoms with Crippen molar-refractivity contribution in [1.29, 1.82) is 0 Å². The van der Waals surface area contributed by atoms with Crippen molar-refractivity contribution in [1.82, 2.24) is 10.2 Å². The van der Waals surface area contributed by atoms with E-state index in [1.807, 2.05) is 18.3 Å². The second kappa shape index (κ2) is 5.37. The van der Waals surface area contributed by atoms with Gasteiger partial charge < -0.3 is 14.4 Å². The highest BCUT2D eigenvalue weighted by atomic mass is 16.6. The summed E-state index contributed by atoms with van der Waals surface area (Å²) in [4.78, 5) is 2.30. The van der Waals surface area contributed by atoms with Gasteiger partial charge in [-0.2, -0.15) is 5.10 Å². The molecule has 3 heterocycles. The summed E-state index contributed by atoms with van der Waals surface area (Å²) in [5, 5.41) is 10.9. The Balaban J connectivity index is 1.54. The van der Waals surface area contributed by atoms with Gasteiger partial charge in [-0.05, 0) is 29.7 Å². The summed E-state index contributed by atoms with van der Waals surface area (Å²) in [6.45, 7) is 2.98. The van der Waals surface area contributed by atoms with E-state index < -0.39 is 0 Å². The van der Waals surface area contributed by atoms with Crippen molar-refractivity contribution in [2.24, 2.45) is 0 Å². The van der Waals surface area contributed by atoms with Crippen molar-refractivity contribution in [3.63, 3.8) is 0 Å². The van der Waals surface area contributed by atoms with Crippen LogP contribution in [0, 0.1) is 0 Å². The number of ether oxygens (including phenoxy) is 2. The zero-order valence-corrected chi connectivity index (χ0v) is 13.2. The van der Waals surface area contributed by atoms with Gasteiger partial charge in [-0.25, -0.2) is 0 Å². The van der Waals surface area contributed by atoms with Crippen LogP contribution in [0.4, 0.5) is 5.82 Å². The predicted octanol–water partition coefficient (Wildman–Crippen LogP) is 2.96. The van der Waals surface area contributed by atoms with Gasteiger partial charge in [0.15, 0.2) is 17.3 Å². The molecule has 0 aliphatic carbocycles. The lowest BCUT2D eigenvalue weighted by Crippen LogP contribution is -2.31. The fourth-order valence-electron chi connectivity index (χ4n) is 3.52. The molecular weight excluding hydrogens is 302 g/mol. The Bertz CT molecular complexity index is 920. The maximum Gasteiger partial charge on any atom is 0.161 e. The van der Waals surface area contributed by atoms with E-state index in [-0.39, 0.29) is 0 Å². The first-order valence-corrected chi connectivity index (χ1v) is 8.25. The monoisotopic (exact) mass is 319 g/mol. The molecule has 2 aromatic carbocycles. The molecule has 3 aromatic rings. The summed E-state index contributed by atoms with van der Waals surface area (Å²) >= 11 is 0. The Kier molecular flexibility index (Phi) is 3.04.